The first kappa shape index (κ1) is 21.4. The molecule has 34 heavy (non-hydrogen) atoms. The third kappa shape index (κ3) is 4.51. The summed E-state index contributed by atoms with van der Waals surface area (Å²) in [6.07, 6.45) is 1.60. The van der Waals surface area contributed by atoms with Crippen molar-refractivity contribution in [2.24, 2.45) is 0 Å². The third-order valence-corrected chi connectivity index (χ3v) is 5.43. The highest BCUT2D eigenvalue weighted by Gasteiger charge is 2.17. The van der Waals surface area contributed by atoms with Crippen LogP contribution in [0.4, 0.5) is 27.8 Å². The summed E-state index contributed by atoms with van der Waals surface area (Å²) in [6, 6.07) is 17.1. The number of benzene rings is 2. The minimum absolute atomic E-state index is 0.349. The lowest BCUT2D eigenvalue weighted by Gasteiger charge is -2.21. The second-order valence-corrected chi connectivity index (χ2v) is 7.88. The fourth-order valence-electron chi connectivity index (χ4n) is 3.77. The zero-order valence-corrected chi connectivity index (χ0v) is 18.9. The predicted octanol–water partition coefficient (Wildman–Crippen LogP) is 3.63. The topological polar surface area (TPSA) is 105 Å². The van der Waals surface area contributed by atoms with Crippen molar-refractivity contribution in [1.82, 2.24) is 19.9 Å². The van der Waals surface area contributed by atoms with Gasteiger partial charge in [-0.25, -0.2) is 9.78 Å². The largest absolute Gasteiger partial charge is 0.497 e. The molecule has 2 aromatic carbocycles. The first-order chi connectivity index (χ1) is 16.6. The average molecular weight is 460 g/mol. The number of hydrogen-bond acceptors (Lipinski definition) is 7. The fraction of sp³-hybridized carbons (Fsp3) is 0.208. The molecule has 1 aliphatic heterocycles. The zero-order valence-electron chi connectivity index (χ0n) is 18.9. The van der Waals surface area contributed by atoms with Crippen LogP contribution in [-0.2, 0) is 6.54 Å². The number of urea groups is 1. The highest BCUT2D eigenvalue weighted by molar-refractivity contribution is 5.93. The normalized spacial score (nSPS) is 13.3. The molecule has 5 rings (SSSR count). The molecule has 3 heterocycles. The maximum atomic E-state index is 12.4. The molecule has 0 aliphatic carbocycles. The SMILES string of the molecule is COc1ccc(CN(C)c2cc3nc4c(cnn24)NC(=O)NCCOc2cccc(c2)N3)cc1. The van der Waals surface area contributed by atoms with Gasteiger partial charge < -0.3 is 30.3 Å². The molecule has 10 heteroatoms. The van der Waals surface area contributed by atoms with Crippen LogP contribution in [0.1, 0.15) is 5.56 Å². The van der Waals surface area contributed by atoms with Crippen molar-refractivity contribution in [1.29, 1.82) is 0 Å². The lowest BCUT2D eigenvalue weighted by Crippen LogP contribution is -2.32. The number of nitrogens with one attached hydrogen (secondary N) is 3. The Balaban J connectivity index is 1.55. The van der Waals surface area contributed by atoms with Crippen LogP contribution in [0.2, 0.25) is 0 Å². The van der Waals surface area contributed by atoms with E-state index in [1.807, 2.05) is 61.6 Å². The maximum Gasteiger partial charge on any atom is 0.319 e. The zero-order chi connectivity index (χ0) is 23.5. The molecule has 0 atom stereocenters. The number of aromatic nitrogens is 3. The number of nitrogens with zero attached hydrogens (tertiary/aromatic N) is 4. The smallest absolute Gasteiger partial charge is 0.319 e. The summed E-state index contributed by atoms with van der Waals surface area (Å²) in [5.74, 6) is 2.93. The second kappa shape index (κ2) is 9.18. The van der Waals surface area contributed by atoms with E-state index in [4.69, 9.17) is 14.5 Å². The summed E-state index contributed by atoms with van der Waals surface area (Å²) in [5, 5.41) is 13.5. The Labute approximate surface area is 196 Å². The Morgan fingerprint density at radius 3 is 2.82 bits per heavy atom. The van der Waals surface area contributed by atoms with Gasteiger partial charge in [-0.1, -0.05) is 18.2 Å². The van der Waals surface area contributed by atoms with Gasteiger partial charge >= 0.3 is 6.03 Å². The summed E-state index contributed by atoms with van der Waals surface area (Å²) in [4.78, 5) is 19.2. The number of carbonyl (C=O) groups excluding carboxylic acids is 1. The standard InChI is InChI=1S/C24H25N7O3/c1-30(15-16-6-8-18(33-2)9-7-16)22-13-21-27-17-4-3-5-19(12-17)34-11-10-25-24(32)28-20-14-26-31(22)23(20)29-21/h3-9,12-14H,10-11,15H2,1-2H3,(H,27,29)(H2,25,28,32). The molecule has 4 aromatic rings. The van der Waals surface area contributed by atoms with Gasteiger partial charge in [0.25, 0.3) is 0 Å². The minimum atomic E-state index is -0.349. The van der Waals surface area contributed by atoms with Crippen LogP contribution in [-0.4, -0.2) is 47.9 Å². The summed E-state index contributed by atoms with van der Waals surface area (Å²) >= 11 is 0. The molecule has 2 aromatic heterocycles. The number of anilines is 4. The summed E-state index contributed by atoms with van der Waals surface area (Å²) in [7, 11) is 3.63. The lowest BCUT2D eigenvalue weighted by atomic mass is 10.2. The van der Waals surface area contributed by atoms with E-state index in [0.717, 1.165) is 22.8 Å². The van der Waals surface area contributed by atoms with Crippen molar-refractivity contribution >= 4 is 34.7 Å². The molecule has 0 saturated carbocycles. The van der Waals surface area contributed by atoms with Gasteiger partial charge in [0.05, 0.1) is 19.9 Å². The molecular weight excluding hydrogens is 434 g/mol. The molecule has 174 valence electrons. The van der Waals surface area contributed by atoms with Crippen LogP contribution >= 0.6 is 0 Å². The number of rotatable bonds is 4. The van der Waals surface area contributed by atoms with E-state index in [0.29, 0.717) is 42.6 Å². The Bertz CT molecular complexity index is 1320. The van der Waals surface area contributed by atoms with Gasteiger partial charge in [-0.05, 0) is 29.8 Å². The van der Waals surface area contributed by atoms with E-state index >= 15 is 0 Å². The van der Waals surface area contributed by atoms with Crippen LogP contribution in [0, 0.1) is 0 Å². The van der Waals surface area contributed by atoms with E-state index in [1.165, 1.54) is 0 Å². The van der Waals surface area contributed by atoms with Crippen molar-refractivity contribution in [2.45, 2.75) is 6.54 Å². The van der Waals surface area contributed by atoms with Crippen LogP contribution in [0.3, 0.4) is 0 Å². The van der Waals surface area contributed by atoms with Gasteiger partial charge in [0.15, 0.2) is 5.65 Å². The van der Waals surface area contributed by atoms with Crippen LogP contribution in [0.25, 0.3) is 5.65 Å². The number of hydrogen-bond donors (Lipinski definition) is 3. The van der Waals surface area contributed by atoms with E-state index in [-0.39, 0.29) is 6.03 Å². The van der Waals surface area contributed by atoms with Gasteiger partial charge in [-0.2, -0.15) is 9.61 Å². The van der Waals surface area contributed by atoms with E-state index in [2.05, 4.69) is 25.9 Å². The van der Waals surface area contributed by atoms with Gasteiger partial charge in [0.1, 0.15) is 35.4 Å². The van der Waals surface area contributed by atoms with Crippen molar-refractivity contribution in [3.63, 3.8) is 0 Å². The highest BCUT2D eigenvalue weighted by Crippen LogP contribution is 2.28. The average Bonchev–Trinajstić information content (AvgIpc) is 3.24. The molecule has 0 unspecified atom stereocenters. The fourth-order valence-corrected chi connectivity index (χ4v) is 3.77. The minimum Gasteiger partial charge on any atom is -0.497 e. The summed E-state index contributed by atoms with van der Waals surface area (Å²) in [6.45, 7) is 1.34. The van der Waals surface area contributed by atoms with E-state index in [9.17, 15) is 4.79 Å². The predicted molar refractivity (Wildman–Crippen MR) is 130 cm³/mol. The number of methoxy groups -OCH3 is 1. The maximum absolute atomic E-state index is 12.4. The monoisotopic (exact) mass is 459 g/mol. The number of carbonyl (C=O) groups is 1. The van der Waals surface area contributed by atoms with Crippen molar-refractivity contribution in [2.75, 3.05) is 42.8 Å². The Kier molecular flexibility index (Phi) is 5.77. The van der Waals surface area contributed by atoms with Gasteiger partial charge in [-0.15, -0.1) is 0 Å². The summed E-state index contributed by atoms with van der Waals surface area (Å²) in [5.41, 5.74) is 2.99. The van der Waals surface area contributed by atoms with Crippen LogP contribution < -0.4 is 30.3 Å². The molecule has 1 aliphatic rings. The molecule has 2 amide bonds. The van der Waals surface area contributed by atoms with Crippen LogP contribution in [0.15, 0.2) is 60.8 Å². The Hall–Kier alpha value is -4.47. The molecule has 10 nitrogen and oxygen atoms in total. The second-order valence-electron chi connectivity index (χ2n) is 7.88. The highest BCUT2D eigenvalue weighted by atomic mass is 16.5. The van der Waals surface area contributed by atoms with Gasteiger partial charge in [0, 0.05) is 31.4 Å². The number of fused-ring (bicyclic) bond motifs is 3. The molecule has 0 spiro atoms. The molecular formula is C24H25N7O3. The van der Waals surface area contributed by atoms with Gasteiger partial charge in [-0.3, -0.25) is 0 Å². The molecule has 0 fully saturated rings. The third-order valence-electron chi connectivity index (χ3n) is 5.43. The van der Waals surface area contributed by atoms with Gasteiger partial charge in [0.2, 0.25) is 0 Å². The van der Waals surface area contributed by atoms with E-state index < -0.39 is 0 Å². The van der Waals surface area contributed by atoms with Crippen LogP contribution in [0.5, 0.6) is 11.5 Å². The Morgan fingerprint density at radius 1 is 1.15 bits per heavy atom. The summed E-state index contributed by atoms with van der Waals surface area (Å²) < 4.78 is 12.7. The molecule has 0 radical (unpaired) electrons. The number of ether oxygens (including phenoxy) is 2. The molecule has 4 bridgehead atoms. The van der Waals surface area contributed by atoms with E-state index in [1.54, 1.807) is 17.8 Å². The molecule has 0 saturated heterocycles. The van der Waals surface area contributed by atoms with Crippen molar-refractivity contribution in [3.8, 4) is 11.5 Å². The van der Waals surface area contributed by atoms with Crippen molar-refractivity contribution < 1.29 is 14.3 Å². The quantitative estimate of drug-likeness (QED) is 0.428. The first-order valence-corrected chi connectivity index (χ1v) is 10.9. The first-order valence-electron chi connectivity index (χ1n) is 10.9. The number of amides is 2. The Morgan fingerprint density at radius 2 is 2.00 bits per heavy atom. The molecule has 3 N–H and O–H groups in total. The van der Waals surface area contributed by atoms with Crippen molar-refractivity contribution in [3.05, 3.63) is 66.4 Å². The lowest BCUT2D eigenvalue weighted by molar-refractivity contribution is 0.247.